The van der Waals surface area contributed by atoms with E-state index in [9.17, 15) is 4.79 Å². The van der Waals surface area contributed by atoms with E-state index in [0.717, 1.165) is 18.7 Å². The molecule has 0 spiro atoms. The van der Waals surface area contributed by atoms with Crippen molar-refractivity contribution in [2.45, 2.75) is 27.2 Å². The fourth-order valence-electron chi connectivity index (χ4n) is 0.751. The van der Waals surface area contributed by atoms with Crippen molar-refractivity contribution in [2.75, 3.05) is 13.2 Å². The highest BCUT2D eigenvalue weighted by atomic mass is 16.5. The van der Waals surface area contributed by atoms with Gasteiger partial charge in [-0.1, -0.05) is 6.92 Å². The molecule has 0 aliphatic carbocycles. The van der Waals surface area contributed by atoms with Crippen LogP contribution in [-0.2, 0) is 9.53 Å². The summed E-state index contributed by atoms with van der Waals surface area (Å²) in [6.45, 7) is 7.11. The molecule has 0 aliphatic rings. The van der Waals surface area contributed by atoms with Crippen LogP contribution in [0.4, 0.5) is 0 Å². The standard InChI is InChI=1S/C9H17NO2/c1-4-6-12-9(11)7-8(3)10-5-2/h7,10H,4-6H2,1-3H3/b8-7-. The molecule has 70 valence electrons. The van der Waals surface area contributed by atoms with Gasteiger partial charge in [0.15, 0.2) is 0 Å². The van der Waals surface area contributed by atoms with Crippen molar-refractivity contribution in [1.82, 2.24) is 5.32 Å². The number of hydrogen-bond acceptors (Lipinski definition) is 3. The largest absolute Gasteiger partial charge is 0.462 e. The van der Waals surface area contributed by atoms with Gasteiger partial charge in [-0.15, -0.1) is 0 Å². The second-order valence-corrected chi connectivity index (χ2v) is 2.53. The number of rotatable bonds is 5. The summed E-state index contributed by atoms with van der Waals surface area (Å²) >= 11 is 0. The minimum atomic E-state index is -0.268. The van der Waals surface area contributed by atoms with Crippen molar-refractivity contribution in [2.24, 2.45) is 0 Å². The Hall–Kier alpha value is -0.990. The maximum Gasteiger partial charge on any atom is 0.332 e. The van der Waals surface area contributed by atoms with Crippen LogP contribution < -0.4 is 5.32 Å². The molecule has 0 bridgehead atoms. The zero-order chi connectivity index (χ0) is 9.40. The molecule has 0 fully saturated rings. The summed E-state index contributed by atoms with van der Waals surface area (Å²) in [5.74, 6) is -0.268. The predicted molar refractivity (Wildman–Crippen MR) is 48.7 cm³/mol. The molecule has 0 atom stereocenters. The molecule has 3 nitrogen and oxygen atoms in total. The van der Waals surface area contributed by atoms with E-state index in [2.05, 4.69) is 5.32 Å². The molecule has 0 amide bonds. The number of esters is 1. The lowest BCUT2D eigenvalue weighted by Gasteiger charge is -2.02. The minimum absolute atomic E-state index is 0.268. The van der Waals surface area contributed by atoms with E-state index in [1.807, 2.05) is 20.8 Å². The van der Waals surface area contributed by atoms with Crippen LogP contribution in [0.5, 0.6) is 0 Å². The Bertz CT molecular complexity index is 164. The molecule has 0 radical (unpaired) electrons. The SMILES string of the molecule is CCCOC(=O)/C=C(/C)NCC. The molecule has 0 aromatic rings. The fourth-order valence-corrected chi connectivity index (χ4v) is 0.751. The molecule has 0 aromatic carbocycles. The van der Waals surface area contributed by atoms with Gasteiger partial charge < -0.3 is 10.1 Å². The van der Waals surface area contributed by atoms with Gasteiger partial charge >= 0.3 is 5.97 Å². The summed E-state index contributed by atoms with van der Waals surface area (Å²) in [5, 5.41) is 3.01. The van der Waals surface area contributed by atoms with Crippen molar-refractivity contribution in [1.29, 1.82) is 0 Å². The van der Waals surface area contributed by atoms with Crippen molar-refractivity contribution in [3.8, 4) is 0 Å². The predicted octanol–water partition coefficient (Wildman–Crippen LogP) is 1.45. The molecule has 0 heterocycles. The maximum atomic E-state index is 10.9. The third-order valence-corrected chi connectivity index (χ3v) is 1.24. The zero-order valence-electron chi connectivity index (χ0n) is 8.02. The topological polar surface area (TPSA) is 38.3 Å². The van der Waals surface area contributed by atoms with Crippen LogP contribution >= 0.6 is 0 Å². The Balaban J connectivity index is 3.71. The monoisotopic (exact) mass is 171 g/mol. The van der Waals surface area contributed by atoms with E-state index in [1.165, 1.54) is 6.08 Å². The minimum Gasteiger partial charge on any atom is -0.462 e. The van der Waals surface area contributed by atoms with Gasteiger partial charge in [0.25, 0.3) is 0 Å². The summed E-state index contributed by atoms with van der Waals surface area (Å²) in [6, 6.07) is 0. The van der Waals surface area contributed by atoms with E-state index < -0.39 is 0 Å². The Morgan fingerprint density at radius 1 is 1.50 bits per heavy atom. The number of allylic oxidation sites excluding steroid dienone is 1. The van der Waals surface area contributed by atoms with Crippen LogP contribution in [0, 0.1) is 0 Å². The molecule has 0 aliphatic heterocycles. The Kier molecular flexibility index (Phi) is 6.15. The highest BCUT2D eigenvalue weighted by Gasteiger charge is 1.96. The first-order chi connectivity index (χ1) is 5.70. The van der Waals surface area contributed by atoms with Gasteiger partial charge in [-0.3, -0.25) is 0 Å². The maximum absolute atomic E-state index is 10.9. The van der Waals surface area contributed by atoms with Gasteiger partial charge in [0.05, 0.1) is 6.61 Å². The first-order valence-corrected chi connectivity index (χ1v) is 4.29. The molecule has 0 saturated carbocycles. The van der Waals surface area contributed by atoms with Crippen LogP contribution in [0.3, 0.4) is 0 Å². The lowest BCUT2D eigenvalue weighted by atomic mass is 10.4. The lowest BCUT2D eigenvalue weighted by molar-refractivity contribution is -0.137. The van der Waals surface area contributed by atoms with Crippen LogP contribution in [0.1, 0.15) is 27.2 Å². The number of carbonyl (C=O) groups excluding carboxylic acids is 1. The van der Waals surface area contributed by atoms with Crippen molar-refractivity contribution in [3.63, 3.8) is 0 Å². The summed E-state index contributed by atoms with van der Waals surface area (Å²) < 4.78 is 4.85. The van der Waals surface area contributed by atoms with Crippen molar-refractivity contribution in [3.05, 3.63) is 11.8 Å². The molecule has 3 heteroatoms. The third kappa shape index (κ3) is 5.77. The Morgan fingerprint density at radius 3 is 2.67 bits per heavy atom. The lowest BCUT2D eigenvalue weighted by Crippen LogP contribution is -2.12. The molecular formula is C9H17NO2. The molecule has 0 rings (SSSR count). The van der Waals surface area contributed by atoms with Crippen LogP contribution in [0.25, 0.3) is 0 Å². The summed E-state index contributed by atoms with van der Waals surface area (Å²) in [7, 11) is 0. The highest BCUT2D eigenvalue weighted by Crippen LogP contribution is 1.89. The van der Waals surface area contributed by atoms with Gasteiger partial charge in [-0.2, -0.15) is 0 Å². The van der Waals surface area contributed by atoms with Gasteiger partial charge in [0.2, 0.25) is 0 Å². The molecule has 12 heavy (non-hydrogen) atoms. The third-order valence-electron chi connectivity index (χ3n) is 1.24. The number of ether oxygens (including phenoxy) is 1. The highest BCUT2D eigenvalue weighted by molar-refractivity contribution is 5.82. The average molecular weight is 171 g/mol. The van der Waals surface area contributed by atoms with Crippen LogP contribution in [-0.4, -0.2) is 19.1 Å². The summed E-state index contributed by atoms with van der Waals surface area (Å²) in [5.41, 5.74) is 0.846. The second kappa shape index (κ2) is 6.70. The summed E-state index contributed by atoms with van der Waals surface area (Å²) in [6.07, 6.45) is 2.33. The Morgan fingerprint density at radius 2 is 2.17 bits per heavy atom. The van der Waals surface area contributed by atoms with E-state index in [0.29, 0.717) is 6.61 Å². The molecule has 1 N–H and O–H groups in total. The van der Waals surface area contributed by atoms with Crippen LogP contribution in [0.2, 0.25) is 0 Å². The van der Waals surface area contributed by atoms with Gasteiger partial charge in [-0.05, 0) is 20.3 Å². The van der Waals surface area contributed by atoms with Gasteiger partial charge in [0, 0.05) is 18.3 Å². The molecule has 0 unspecified atom stereocenters. The number of nitrogens with one attached hydrogen (secondary N) is 1. The Labute approximate surface area is 73.8 Å². The van der Waals surface area contributed by atoms with Crippen molar-refractivity contribution >= 4 is 5.97 Å². The smallest absolute Gasteiger partial charge is 0.332 e. The van der Waals surface area contributed by atoms with E-state index in [1.54, 1.807) is 0 Å². The van der Waals surface area contributed by atoms with Crippen LogP contribution in [0.15, 0.2) is 11.8 Å². The van der Waals surface area contributed by atoms with Crippen molar-refractivity contribution < 1.29 is 9.53 Å². The average Bonchev–Trinajstić information content (AvgIpc) is 2.01. The molecule has 0 aromatic heterocycles. The fraction of sp³-hybridized carbons (Fsp3) is 0.667. The summed E-state index contributed by atoms with van der Waals surface area (Å²) in [4.78, 5) is 10.9. The van der Waals surface area contributed by atoms with E-state index in [-0.39, 0.29) is 5.97 Å². The number of hydrogen-bond donors (Lipinski definition) is 1. The van der Waals surface area contributed by atoms with E-state index >= 15 is 0 Å². The molecule has 0 saturated heterocycles. The van der Waals surface area contributed by atoms with Gasteiger partial charge in [-0.25, -0.2) is 4.79 Å². The molecular weight excluding hydrogens is 154 g/mol. The second-order valence-electron chi connectivity index (χ2n) is 2.53. The first kappa shape index (κ1) is 11.0. The van der Waals surface area contributed by atoms with E-state index in [4.69, 9.17) is 4.74 Å². The number of carbonyl (C=O) groups is 1. The van der Waals surface area contributed by atoms with Gasteiger partial charge in [0.1, 0.15) is 0 Å². The quantitative estimate of drug-likeness (QED) is 0.502. The normalized spacial score (nSPS) is 11.1. The first-order valence-electron chi connectivity index (χ1n) is 4.29. The zero-order valence-corrected chi connectivity index (χ0v) is 8.02.